The standard InChI is InChI=1S/C21H21N5O2/c1-28-19-10-7-15(12-22-19)21(27)26-16-8-9-17(26)13-25-18(11-16)23-24-20(25)14-5-3-2-4-6-14/h2-7,10,12,16-17H,8-9,11,13H2,1H3/t16-,17+/m0/s1. The van der Waals surface area contributed by atoms with E-state index in [0.29, 0.717) is 11.4 Å². The molecular formula is C21H21N5O2. The lowest BCUT2D eigenvalue weighted by atomic mass is 10.1. The van der Waals surface area contributed by atoms with E-state index in [1.54, 1.807) is 25.4 Å². The summed E-state index contributed by atoms with van der Waals surface area (Å²) >= 11 is 0. The third kappa shape index (κ3) is 2.74. The summed E-state index contributed by atoms with van der Waals surface area (Å²) in [5.41, 5.74) is 1.65. The molecule has 1 fully saturated rings. The molecule has 2 aliphatic rings. The monoisotopic (exact) mass is 375 g/mol. The van der Waals surface area contributed by atoms with Crippen molar-refractivity contribution in [1.29, 1.82) is 0 Å². The lowest BCUT2D eigenvalue weighted by molar-refractivity contribution is 0.0665. The van der Waals surface area contributed by atoms with Crippen LogP contribution in [0.4, 0.5) is 0 Å². The van der Waals surface area contributed by atoms with Crippen LogP contribution in [-0.4, -0.2) is 49.7 Å². The van der Waals surface area contributed by atoms with E-state index < -0.39 is 0 Å². The van der Waals surface area contributed by atoms with Crippen LogP contribution in [0.1, 0.15) is 29.0 Å². The second-order valence-electron chi connectivity index (χ2n) is 7.31. The van der Waals surface area contributed by atoms with Gasteiger partial charge in [-0.15, -0.1) is 10.2 Å². The Kier molecular flexibility index (Phi) is 4.07. The van der Waals surface area contributed by atoms with Crippen molar-refractivity contribution in [2.45, 2.75) is 37.9 Å². The van der Waals surface area contributed by atoms with Crippen LogP contribution in [0.3, 0.4) is 0 Å². The summed E-state index contributed by atoms with van der Waals surface area (Å²) in [6.07, 6.45) is 4.31. The van der Waals surface area contributed by atoms with Crippen molar-refractivity contribution < 1.29 is 9.53 Å². The van der Waals surface area contributed by atoms with Gasteiger partial charge < -0.3 is 14.2 Å². The number of hydrogen-bond acceptors (Lipinski definition) is 5. The first-order valence-corrected chi connectivity index (χ1v) is 9.55. The molecule has 0 radical (unpaired) electrons. The van der Waals surface area contributed by atoms with Crippen LogP contribution in [0, 0.1) is 0 Å². The Morgan fingerprint density at radius 3 is 2.64 bits per heavy atom. The number of benzene rings is 1. The average molecular weight is 375 g/mol. The molecule has 2 aliphatic heterocycles. The molecular weight excluding hydrogens is 354 g/mol. The molecule has 142 valence electrons. The molecule has 2 aromatic heterocycles. The van der Waals surface area contributed by atoms with Crippen molar-refractivity contribution in [1.82, 2.24) is 24.6 Å². The van der Waals surface area contributed by atoms with Gasteiger partial charge in [0.15, 0.2) is 5.82 Å². The number of ether oxygens (including phenoxy) is 1. The van der Waals surface area contributed by atoms with Crippen LogP contribution in [0.15, 0.2) is 48.7 Å². The topological polar surface area (TPSA) is 73.1 Å². The molecule has 7 heteroatoms. The number of aromatic nitrogens is 4. The molecule has 0 aliphatic carbocycles. The third-order valence-electron chi connectivity index (χ3n) is 5.72. The Morgan fingerprint density at radius 1 is 1.07 bits per heavy atom. The highest BCUT2D eigenvalue weighted by Crippen LogP contribution is 2.34. The molecule has 0 saturated carbocycles. The summed E-state index contributed by atoms with van der Waals surface area (Å²) in [6, 6.07) is 13.9. The van der Waals surface area contributed by atoms with Crippen LogP contribution in [-0.2, 0) is 13.0 Å². The van der Waals surface area contributed by atoms with E-state index in [9.17, 15) is 4.79 Å². The maximum Gasteiger partial charge on any atom is 0.255 e. The molecule has 5 rings (SSSR count). The van der Waals surface area contributed by atoms with Crippen LogP contribution in [0.2, 0.25) is 0 Å². The van der Waals surface area contributed by atoms with Crippen molar-refractivity contribution in [2.24, 2.45) is 0 Å². The first-order valence-electron chi connectivity index (χ1n) is 9.55. The first kappa shape index (κ1) is 16.9. The molecule has 0 N–H and O–H groups in total. The second kappa shape index (κ2) is 6.74. The number of amides is 1. The predicted molar refractivity (Wildman–Crippen MR) is 103 cm³/mol. The van der Waals surface area contributed by atoms with E-state index in [0.717, 1.165) is 43.0 Å². The van der Waals surface area contributed by atoms with Gasteiger partial charge >= 0.3 is 0 Å². The van der Waals surface area contributed by atoms with E-state index >= 15 is 0 Å². The number of hydrogen-bond donors (Lipinski definition) is 0. The van der Waals surface area contributed by atoms with Crippen molar-refractivity contribution in [3.05, 3.63) is 60.0 Å². The second-order valence-corrected chi connectivity index (χ2v) is 7.31. The predicted octanol–water partition coefficient (Wildman–Crippen LogP) is 2.58. The number of carbonyl (C=O) groups is 1. The summed E-state index contributed by atoms with van der Waals surface area (Å²) in [7, 11) is 1.57. The van der Waals surface area contributed by atoms with Crippen LogP contribution < -0.4 is 4.74 Å². The lowest BCUT2D eigenvalue weighted by Crippen LogP contribution is -2.42. The molecule has 2 bridgehead atoms. The zero-order valence-electron chi connectivity index (χ0n) is 15.7. The largest absolute Gasteiger partial charge is 0.481 e. The fourth-order valence-electron chi connectivity index (χ4n) is 4.35. The van der Waals surface area contributed by atoms with Gasteiger partial charge in [-0.3, -0.25) is 4.79 Å². The van der Waals surface area contributed by atoms with E-state index in [-0.39, 0.29) is 18.0 Å². The zero-order valence-corrected chi connectivity index (χ0v) is 15.7. The molecule has 28 heavy (non-hydrogen) atoms. The minimum absolute atomic E-state index is 0.0302. The third-order valence-corrected chi connectivity index (χ3v) is 5.72. The van der Waals surface area contributed by atoms with Gasteiger partial charge in [-0.1, -0.05) is 30.3 Å². The molecule has 3 aromatic rings. The maximum absolute atomic E-state index is 13.2. The van der Waals surface area contributed by atoms with Gasteiger partial charge in [0.1, 0.15) is 5.82 Å². The Labute approximate surface area is 163 Å². The Morgan fingerprint density at radius 2 is 1.89 bits per heavy atom. The van der Waals surface area contributed by atoms with Crippen molar-refractivity contribution in [3.63, 3.8) is 0 Å². The molecule has 4 heterocycles. The average Bonchev–Trinajstić information content (AvgIpc) is 3.27. The number of methoxy groups -OCH3 is 1. The molecule has 2 atom stereocenters. The normalized spacial score (nSPS) is 20.5. The number of pyridine rings is 1. The van der Waals surface area contributed by atoms with Crippen molar-refractivity contribution in [2.75, 3.05) is 7.11 Å². The smallest absolute Gasteiger partial charge is 0.255 e. The molecule has 0 spiro atoms. The molecule has 0 unspecified atom stereocenters. The SMILES string of the molecule is COc1ccc(C(=O)N2[C@@H]3CC[C@H]2Cc2nnc(-c4ccccc4)n2C3)cn1. The lowest BCUT2D eigenvalue weighted by Gasteiger charge is -2.28. The summed E-state index contributed by atoms with van der Waals surface area (Å²) in [5, 5.41) is 8.89. The fraction of sp³-hybridized carbons (Fsp3) is 0.333. The summed E-state index contributed by atoms with van der Waals surface area (Å²) in [5.74, 6) is 2.37. The number of rotatable bonds is 3. The maximum atomic E-state index is 13.2. The van der Waals surface area contributed by atoms with E-state index in [1.165, 1.54) is 0 Å². The van der Waals surface area contributed by atoms with Crippen LogP contribution in [0.25, 0.3) is 11.4 Å². The van der Waals surface area contributed by atoms with Gasteiger partial charge in [0.05, 0.1) is 18.7 Å². The van der Waals surface area contributed by atoms with Gasteiger partial charge in [0, 0.05) is 36.8 Å². The highest BCUT2D eigenvalue weighted by molar-refractivity contribution is 5.94. The Balaban J connectivity index is 1.46. The number of fused-ring (bicyclic) bond motifs is 3. The fourth-order valence-corrected chi connectivity index (χ4v) is 4.35. The van der Waals surface area contributed by atoms with Crippen LogP contribution >= 0.6 is 0 Å². The van der Waals surface area contributed by atoms with E-state index in [2.05, 4.69) is 19.7 Å². The van der Waals surface area contributed by atoms with Gasteiger partial charge in [-0.05, 0) is 18.9 Å². The number of nitrogens with zero attached hydrogens (tertiary/aromatic N) is 5. The van der Waals surface area contributed by atoms with Crippen molar-refractivity contribution >= 4 is 5.91 Å². The van der Waals surface area contributed by atoms with E-state index in [4.69, 9.17) is 4.74 Å². The molecule has 1 amide bonds. The van der Waals surface area contributed by atoms with Crippen molar-refractivity contribution in [3.8, 4) is 17.3 Å². The minimum atomic E-state index is 0.0302. The van der Waals surface area contributed by atoms with Gasteiger partial charge in [0.25, 0.3) is 5.91 Å². The number of carbonyl (C=O) groups excluding carboxylic acids is 1. The summed E-state index contributed by atoms with van der Waals surface area (Å²) in [6.45, 7) is 0.721. The van der Waals surface area contributed by atoms with E-state index in [1.807, 2.05) is 35.2 Å². The Bertz CT molecular complexity index is 999. The van der Waals surface area contributed by atoms with Gasteiger partial charge in [-0.25, -0.2) is 4.98 Å². The minimum Gasteiger partial charge on any atom is -0.481 e. The zero-order chi connectivity index (χ0) is 19.1. The summed E-state index contributed by atoms with van der Waals surface area (Å²) in [4.78, 5) is 19.5. The molecule has 1 saturated heterocycles. The van der Waals surface area contributed by atoms with Gasteiger partial charge in [-0.2, -0.15) is 0 Å². The molecule has 1 aromatic carbocycles. The van der Waals surface area contributed by atoms with Crippen LogP contribution in [0.5, 0.6) is 5.88 Å². The summed E-state index contributed by atoms with van der Waals surface area (Å²) < 4.78 is 7.29. The highest BCUT2D eigenvalue weighted by atomic mass is 16.5. The molecule has 7 nitrogen and oxygen atoms in total. The Hall–Kier alpha value is -3.22. The quantitative estimate of drug-likeness (QED) is 0.703. The first-order chi connectivity index (χ1) is 13.7. The van der Waals surface area contributed by atoms with Gasteiger partial charge in [0.2, 0.25) is 5.88 Å². The highest BCUT2D eigenvalue weighted by Gasteiger charge is 2.41.